The molecule has 2 fully saturated rings. The third-order valence-corrected chi connectivity index (χ3v) is 3.24. The molecule has 2 saturated heterocycles. The average molecular weight is 162 g/mol. The zero-order valence-electron chi connectivity index (χ0n) is 7.14. The van der Waals surface area contributed by atoms with Crippen LogP contribution in [0.5, 0.6) is 0 Å². The molecule has 64 valence electrons. The Bertz CT molecular complexity index is 239. The van der Waals surface area contributed by atoms with E-state index in [9.17, 15) is 0 Å². The number of fused-ring (bicyclic) bond motifs is 2. The van der Waals surface area contributed by atoms with Crippen LogP contribution in [0.15, 0.2) is 23.3 Å². The molecule has 12 heavy (non-hydrogen) atoms. The summed E-state index contributed by atoms with van der Waals surface area (Å²) in [5.41, 5.74) is 3.35. The lowest BCUT2D eigenvalue weighted by molar-refractivity contribution is 0.725. The zero-order valence-corrected chi connectivity index (χ0v) is 7.14. The number of hydrogen-bond acceptors (Lipinski definition) is 2. The van der Waals surface area contributed by atoms with Gasteiger partial charge in [0.2, 0.25) is 0 Å². The fourth-order valence-corrected chi connectivity index (χ4v) is 2.57. The molecule has 2 unspecified atom stereocenters. The van der Waals surface area contributed by atoms with Gasteiger partial charge in [0.15, 0.2) is 0 Å². The molecule has 0 aromatic rings. The molecule has 1 aliphatic carbocycles. The first-order valence-electron chi connectivity index (χ1n) is 4.77. The van der Waals surface area contributed by atoms with Crippen LogP contribution in [0.25, 0.3) is 0 Å². The minimum atomic E-state index is 0.719. The first kappa shape index (κ1) is 6.87. The van der Waals surface area contributed by atoms with Crippen LogP contribution < -0.4 is 10.6 Å². The third kappa shape index (κ3) is 0.822. The smallest absolute Gasteiger partial charge is 0.0174 e. The van der Waals surface area contributed by atoms with E-state index in [1.165, 1.54) is 0 Å². The van der Waals surface area contributed by atoms with Crippen LogP contribution in [-0.2, 0) is 0 Å². The Hall–Kier alpha value is -0.600. The standard InChI is InChI=1S/C10H14N2/c1-2-8-4-12-6-10(8)9-5-11-3-7(1)9/h1-2,7-8,11-12H,3-6H2. The van der Waals surface area contributed by atoms with Crippen molar-refractivity contribution in [1.82, 2.24) is 10.6 Å². The zero-order chi connectivity index (χ0) is 7.97. The second-order valence-electron chi connectivity index (χ2n) is 3.91. The highest BCUT2D eigenvalue weighted by atomic mass is 14.9. The molecule has 2 nitrogen and oxygen atoms in total. The lowest BCUT2D eigenvalue weighted by Gasteiger charge is -2.18. The van der Waals surface area contributed by atoms with Crippen molar-refractivity contribution in [1.29, 1.82) is 0 Å². The maximum Gasteiger partial charge on any atom is 0.0174 e. The SMILES string of the molecule is C1=CC2CNCC2=C2CNCC12. The summed E-state index contributed by atoms with van der Waals surface area (Å²) in [6.07, 6.45) is 4.77. The van der Waals surface area contributed by atoms with Crippen LogP contribution in [0.1, 0.15) is 0 Å². The summed E-state index contributed by atoms with van der Waals surface area (Å²) in [7, 11) is 0. The van der Waals surface area contributed by atoms with E-state index in [-0.39, 0.29) is 0 Å². The summed E-state index contributed by atoms with van der Waals surface area (Å²) in [6.45, 7) is 4.56. The number of rotatable bonds is 0. The monoisotopic (exact) mass is 162 g/mol. The summed E-state index contributed by atoms with van der Waals surface area (Å²) >= 11 is 0. The molecule has 0 radical (unpaired) electrons. The molecule has 0 amide bonds. The fraction of sp³-hybridized carbons (Fsp3) is 0.600. The molecule has 2 heteroatoms. The maximum atomic E-state index is 3.44. The van der Waals surface area contributed by atoms with Gasteiger partial charge in [-0.25, -0.2) is 0 Å². The Kier molecular flexibility index (Phi) is 1.40. The first-order valence-corrected chi connectivity index (χ1v) is 4.77. The lowest BCUT2D eigenvalue weighted by atomic mass is 9.85. The molecule has 2 aliphatic heterocycles. The molecule has 0 bridgehead atoms. The van der Waals surface area contributed by atoms with Crippen molar-refractivity contribution in [2.24, 2.45) is 11.8 Å². The highest BCUT2D eigenvalue weighted by molar-refractivity contribution is 5.37. The van der Waals surface area contributed by atoms with Gasteiger partial charge < -0.3 is 10.6 Å². The second-order valence-corrected chi connectivity index (χ2v) is 3.91. The highest BCUT2D eigenvalue weighted by Gasteiger charge is 2.30. The minimum Gasteiger partial charge on any atom is -0.312 e. The Balaban J connectivity index is 2.04. The van der Waals surface area contributed by atoms with Gasteiger partial charge >= 0.3 is 0 Å². The van der Waals surface area contributed by atoms with E-state index in [2.05, 4.69) is 22.8 Å². The fourth-order valence-electron chi connectivity index (χ4n) is 2.57. The van der Waals surface area contributed by atoms with Gasteiger partial charge in [-0.05, 0) is 11.1 Å². The quantitative estimate of drug-likeness (QED) is 0.500. The van der Waals surface area contributed by atoms with Gasteiger partial charge in [-0.2, -0.15) is 0 Å². The van der Waals surface area contributed by atoms with E-state index < -0.39 is 0 Å². The van der Waals surface area contributed by atoms with Crippen molar-refractivity contribution in [3.63, 3.8) is 0 Å². The summed E-state index contributed by atoms with van der Waals surface area (Å²) in [5, 5.41) is 6.88. The molecule has 3 aliphatic rings. The molecule has 0 aromatic heterocycles. The average Bonchev–Trinajstić information content (AvgIpc) is 2.71. The Labute approximate surface area is 72.7 Å². The van der Waals surface area contributed by atoms with Crippen LogP contribution in [0, 0.1) is 11.8 Å². The minimum absolute atomic E-state index is 0.719. The Morgan fingerprint density at radius 2 is 1.42 bits per heavy atom. The summed E-state index contributed by atoms with van der Waals surface area (Å²) in [4.78, 5) is 0. The van der Waals surface area contributed by atoms with Gasteiger partial charge in [-0.15, -0.1) is 0 Å². The van der Waals surface area contributed by atoms with E-state index in [1.54, 1.807) is 11.1 Å². The van der Waals surface area contributed by atoms with Crippen LogP contribution in [-0.4, -0.2) is 26.2 Å². The molecule has 0 spiro atoms. The normalized spacial score (nSPS) is 38.7. The van der Waals surface area contributed by atoms with Gasteiger partial charge in [0.1, 0.15) is 0 Å². The van der Waals surface area contributed by atoms with E-state index in [4.69, 9.17) is 0 Å². The van der Waals surface area contributed by atoms with Crippen molar-refractivity contribution in [3.8, 4) is 0 Å². The summed E-state index contributed by atoms with van der Waals surface area (Å²) < 4.78 is 0. The van der Waals surface area contributed by atoms with E-state index in [0.717, 1.165) is 38.0 Å². The molecule has 0 saturated carbocycles. The number of nitrogens with one attached hydrogen (secondary N) is 2. The van der Waals surface area contributed by atoms with Crippen LogP contribution in [0.4, 0.5) is 0 Å². The van der Waals surface area contributed by atoms with Gasteiger partial charge in [-0.1, -0.05) is 12.2 Å². The van der Waals surface area contributed by atoms with Gasteiger partial charge in [0.25, 0.3) is 0 Å². The van der Waals surface area contributed by atoms with Crippen LogP contribution in [0.2, 0.25) is 0 Å². The van der Waals surface area contributed by atoms with Gasteiger partial charge in [0, 0.05) is 38.0 Å². The van der Waals surface area contributed by atoms with Crippen LogP contribution in [0.3, 0.4) is 0 Å². The van der Waals surface area contributed by atoms with Gasteiger partial charge in [-0.3, -0.25) is 0 Å². The molecular formula is C10H14N2. The van der Waals surface area contributed by atoms with E-state index >= 15 is 0 Å². The van der Waals surface area contributed by atoms with E-state index in [0.29, 0.717) is 0 Å². The largest absolute Gasteiger partial charge is 0.312 e. The molecule has 2 heterocycles. The first-order chi connectivity index (χ1) is 5.95. The molecule has 0 aromatic carbocycles. The van der Waals surface area contributed by atoms with Crippen molar-refractivity contribution in [3.05, 3.63) is 23.3 Å². The molecule has 2 N–H and O–H groups in total. The molecule has 3 rings (SSSR count). The predicted molar refractivity (Wildman–Crippen MR) is 48.9 cm³/mol. The van der Waals surface area contributed by atoms with Crippen molar-refractivity contribution < 1.29 is 0 Å². The van der Waals surface area contributed by atoms with Crippen LogP contribution >= 0.6 is 0 Å². The lowest BCUT2D eigenvalue weighted by Crippen LogP contribution is -2.12. The maximum absolute atomic E-state index is 3.44. The summed E-state index contributed by atoms with van der Waals surface area (Å²) in [5.74, 6) is 1.44. The highest BCUT2D eigenvalue weighted by Crippen LogP contribution is 2.32. The van der Waals surface area contributed by atoms with E-state index in [1.807, 2.05) is 0 Å². The third-order valence-electron chi connectivity index (χ3n) is 3.24. The van der Waals surface area contributed by atoms with Crippen molar-refractivity contribution in [2.75, 3.05) is 26.2 Å². The van der Waals surface area contributed by atoms with Gasteiger partial charge in [0.05, 0.1) is 0 Å². The molecular weight excluding hydrogens is 148 g/mol. The van der Waals surface area contributed by atoms with Crippen molar-refractivity contribution >= 4 is 0 Å². The number of hydrogen-bond donors (Lipinski definition) is 2. The second kappa shape index (κ2) is 2.44. The Morgan fingerprint density at radius 1 is 0.917 bits per heavy atom. The topological polar surface area (TPSA) is 24.1 Å². The molecule has 2 atom stereocenters. The predicted octanol–water partition coefficient (Wildman–Crippen LogP) is 0.292. The Morgan fingerprint density at radius 3 is 1.92 bits per heavy atom. The van der Waals surface area contributed by atoms with Crippen molar-refractivity contribution in [2.45, 2.75) is 0 Å². The summed E-state index contributed by atoms with van der Waals surface area (Å²) in [6, 6.07) is 0.